The summed E-state index contributed by atoms with van der Waals surface area (Å²) < 4.78 is 2.00. The van der Waals surface area contributed by atoms with Gasteiger partial charge in [0.05, 0.1) is 5.02 Å². The second-order valence-electron chi connectivity index (χ2n) is 5.22. The molecule has 2 heterocycles. The number of pyridine rings is 1. The highest BCUT2D eigenvalue weighted by atomic mass is 35.5. The van der Waals surface area contributed by atoms with Crippen LogP contribution in [-0.4, -0.2) is 14.5 Å². The minimum atomic E-state index is 0.350. The lowest BCUT2D eigenvalue weighted by Crippen LogP contribution is -2.31. The van der Waals surface area contributed by atoms with Crippen molar-refractivity contribution in [2.24, 2.45) is 5.41 Å². The van der Waals surface area contributed by atoms with Crippen LogP contribution in [-0.2, 0) is 6.54 Å². The maximum atomic E-state index is 5.96. The van der Waals surface area contributed by atoms with Crippen LogP contribution in [0.4, 0.5) is 5.95 Å². The van der Waals surface area contributed by atoms with E-state index in [1.165, 1.54) is 19.3 Å². The van der Waals surface area contributed by atoms with Crippen molar-refractivity contribution >= 4 is 28.7 Å². The van der Waals surface area contributed by atoms with Crippen LogP contribution in [0.25, 0.3) is 11.2 Å². The third-order valence-corrected chi connectivity index (χ3v) is 3.89. The molecule has 0 spiro atoms. The molecule has 0 bridgehead atoms. The van der Waals surface area contributed by atoms with Gasteiger partial charge in [-0.1, -0.05) is 24.9 Å². The normalized spacial score (nSPS) is 18.2. The Morgan fingerprint density at radius 2 is 2.29 bits per heavy atom. The van der Waals surface area contributed by atoms with Crippen molar-refractivity contribution in [3.05, 3.63) is 17.3 Å². The van der Waals surface area contributed by atoms with Crippen molar-refractivity contribution < 1.29 is 0 Å². The Bertz CT molecular complexity index is 571. The molecule has 0 unspecified atom stereocenters. The zero-order valence-corrected chi connectivity index (χ0v) is 10.5. The molecule has 1 aliphatic rings. The third-order valence-electron chi connectivity index (χ3n) is 3.68. The van der Waals surface area contributed by atoms with Gasteiger partial charge in [0.25, 0.3) is 0 Å². The molecule has 5 heteroatoms. The summed E-state index contributed by atoms with van der Waals surface area (Å²) in [6.45, 7) is 3.18. The van der Waals surface area contributed by atoms with E-state index in [0.717, 1.165) is 17.7 Å². The first-order valence-electron chi connectivity index (χ1n) is 5.85. The van der Waals surface area contributed by atoms with Gasteiger partial charge in [0, 0.05) is 12.7 Å². The van der Waals surface area contributed by atoms with Gasteiger partial charge in [-0.3, -0.25) is 4.57 Å². The molecule has 2 aromatic rings. The van der Waals surface area contributed by atoms with Crippen LogP contribution in [0.1, 0.15) is 26.2 Å². The van der Waals surface area contributed by atoms with Gasteiger partial charge in [-0.15, -0.1) is 0 Å². The van der Waals surface area contributed by atoms with E-state index >= 15 is 0 Å². The Labute approximate surface area is 105 Å². The predicted octanol–water partition coefficient (Wildman–Crippen LogP) is 2.86. The van der Waals surface area contributed by atoms with E-state index in [-0.39, 0.29) is 0 Å². The molecule has 90 valence electrons. The monoisotopic (exact) mass is 250 g/mol. The number of halogens is 1. The maximum absolute atomic E-state index is 5.96. The lowest BCUT2D eigenvalue weighted by atomic mass is 9.70. The summed E-state index contributed by atoms with van der Waals surface area (Å²) in [7, 11) is 0. The summed E-state index contributed by atoms with van der Waals surface area (Å²) in [5, 5.41) is 0.594. The molecule has 0 saturated heterocycles. The Morgan fingerprint density at radius 1 is 1.53 bits per heavy atom. The molecular formula is C12H15ClN4. The van der Waals surface area contributed by atoms with Crippen molar-refractivity contribution in [2.75, 3.05) is 5.73 Å². The first kappa shape index (κ1) is 10.8. The maximum Gasteiger partial charge on any atom is 0.202 e. The highest BCUT2D eigenvalue weighted by Gasteiger charge is 2.33. The molecule has 1 saturated carbocycles. The summed E-state index contributed by atoms with van der Waals surface area (Å²) in [6.07, 6.45) is 5.45. The SMILES string of the molecule is CC1(Cn2c(N)nc3cc(Cl)cnc32)CCC1. The van der Waals surface area contributed by atoms with E-state index in [1.807, 2.05) is 4.57 Å². The molecule has 2 N–H and O–H groups in total. The zero-order valence-electron chi connectivity index (χ0n) is 9.78. The average Bonchev–Trinajstić information content (AvgIpc) is 2.52. The van der Waals surface area contributed by atoms with E-state index in [9.17, 15) is 0 Å². The quantitative estimate of drug-likeness (QED) is 0.892. The number of anilines is 1. The summed E-state index contributed by atoms with van der Waals surface area (Å²) in [5.41, 5.74) is 7.92. The predicted molar refractivity (Wildman–Crippen MR) is 68.9 cm³/mol. The number of imidazole rings is 1. The van der Waals surface area contributed by atoms with Gasteiger partial charge >= 0.3 is 0 Å². The minimum Gasteiger partial charge on any atom is -0.369 e. The summed E-state index contributed by atoms with van der Waals surface area (Å²) in [6, 6.07) is 1.81. The van der Waals surface area contributed by atoms with Crippen LogP contribution in [0.5, 0.6) is 0 Å². The van der Waals surface area contributed by atoms with E-state index in [4.69, 9.17) is 17.3 Å². The van der Waals surface area contributed by atoms with Crippen LogP contribution in [0.3, 0.4) is 0 Å². The molecule has 2 aromatic heterocycles. The number of hydrogen-bond donors (Lipinski definition) is 1. The highest BCUT2D eigenvalue weighted by molar-refractivity contribution is 6.31. The van der Waals surface area contributed by atoms with E-state index in [2.05, 4.69) is 16.9 Å². The summed E-state index contributed by atoms with van der Waals surface area (Å²) in [5.74, 6) is 0.530. The van der Waals surface area contributed by atoms with Gasteiger partial charge < -0.3 is 5.73 Å². The number of aromatic nitrogens is 3. The van der Waals surface area contributed by atoms with Crippen LogP contribution in [0.2, 0.25) is 5.02 Å². The fourth-order valence-corrected chi connectivity index (χ4v) is 2.63. The molecule has 0 aliphatic heterocycles. The molecule has 0 amide bonds. The highest BCUT2D eigenvalue weighted by Crippen LogP contribution is 2.42. The Kier molecular flexibility index (Phi) is 2.30. The molecule has 4 nitrogen and oxygen atoms in total. The first-order valence-corrected chi connectivity index (χ1v) is 6.22. The molecule has 3 rings (SSSR count). The second kappa shape index (κ2) is 3.60. The molecule has 0 aromatic carbocycles. The number of hydrogen-bond acceptors (Lipinski definition) is 3. The Balaban J connectivity index is 2.06. The van der Waals surface area contributed by atoms with Crippen molar-refractivity contribution in [3.63, 3.8) is 0 Å². The topological polar surface area (TPSA) is 56.7 Å². The smallest absolute Gasteiger partial charge is 0.202 e. The third kappa shape index (κ3) is 1.76. The number of fused-ring (bicyclic) bond motifs is 1. The zero-order chi connectivity index (χ0) is 12.0. The fraction of sp³-hybridized carbons (Fsp3) is 0.500. The molecule has 17 heavy (non-hydrogen) atoms. The van der Waals surface area contributed by atoms with E-state index in [1.54, 1.807) is 12.3 Å². The lowest BCUT2D eigenvalue weighted by molar-refractivity contribution is 0.134. The summed E-state index contributed by atoms with van der Waals surface area (Å²) >= 11 is 5.90. The Morgan fingerprint density at radius 3 is 2.94 bits per heavy atom. The van der Waals surface area contributed by atoms with Crippen LogP contribution in [0.15, 0.2) is 12.3 Å². The first-order chi connectivity index (χ1) is 8.07. The lowest BCUT2D eigenvalue weighted by Gasteiger charge is -2.38. The molecule has 1 aliphatic carbocycles. The number of nitrogens with two attached hydrogens (primary N) is 1. The minimum absolute atomic E-state index is 0.350. The molecule has 0 atom stereocenters. The van der Waals surface area contributed by atoms with Gasteiger partial charge in [-0.25, -0.2) is 9.97 Å². The van der Waals surface area contributed by atoms with Gasteiger partial charge in [-0.05, 0) is 24.3 Å². The molecular weight excluding hydrogens is 236 g/mol. The van der Waals surface area contributed by atoms with Gasteiger partial charge in [0.2, 0.25) is 5.95 Å². The number of nitrogen functional groups attached to an aromatic ring is 1. The number of nitrogens with zero attached hydrogens (tertiary/aromatic N) is 3. The molecule has 0 radical (unpaired) electrons. The number of rotatable bonds is 2. The van der Waals surface area contributed by atoms with Crippen molar-refractivity contribution in [2.45, 2.75) is 32.7 Å². The van der Waals surface area contributed by atoms with Crippen molar-refractivity contribution in [1.82, 2.24) is 14.5 Å². The van der Waals surface area contributed by atoms with Crippen LogP contribution < -0.4 is 5.73 Å². The second-order valence-corrected chi connectivity index (χ2v) is 5.65. The van der Waals surface area contributed by atoms with E-state index in [0.29, 0.717) is 16.4 Å². The van der Waals surface area contributed by atoms with Gasteiger partial charge in [0.1, 0.15) is 5.52 Å². The van der Waals surface area contributed by atoms with Gasteiger partial charge in [0.15, 0.2) is 5.65 Å². The standard InChI is InChI=1S/C12H15ClN4/c1-12(3-2-4-12)7-17-10-9(16-11(17)14)5-8(13)6-15-10/h5-6H,2-4,7H2,1H3,(H2,14,16). The summed E-state index contributed by atoms with van der Waals surface area (Å²) in [4.78, 5) is 8.64. The van der Waals surface area contributed by atoms with E-state index < -0.39 is 0 Å². The molecule has 1 fully saturated rings. The average molecular weight is 251 g/mol. The fourth-order valence-electron chi connectivity index (χ4n) is 2.48. The van der Waals surface area contributed by atoms with Crippen molar-refractivity contribution in [3.8, 4) is 0 Å². The Hall–Kier alpha value is -1.29. The largest absolute Gasteiger partial charge is 0.369 e. The van der Waals surface area contributed by atoms with Gasteiger partial charge in [-0.2, -0.15) is 0 Å². The van der Waals surface area contributed by atoms with Crippen LogP contribution >= 0.6 is 11.6 Å². The van der Waals surface area contributed by atoms with Crippen LogP contribution in [0, 0.1) is 5.41 Å². The van der Waals surface area contributed by atoms with Crippen molar-refractivity contribution in [1.29, 1.82) is 0 Å².